The van der Waals surface area contributed by atoms with Crippen molar-refractivity contribution in [3.05, 3.63) is 65.7 Å². The van der Waals surface area contributed by atoms with Crippen molar-refractivity contribution in [2.24, 2.45) is 5.92 Å². The fourth-order valence-corrected chi connectivity index (χ4v) is 3.41. The SMILES string of the molecule is CC(C)C(C)N(CC(=O)Nc1ccccc1C(=O)NCc1ccccc1)C1CC1. The molecule has 2 amide bonds. The first kappa shape index (κ1) is 21.1. The lowest BCUT2D eigenvalue weighted by Gasteiger charge is -2.31. The van der Waals surface area contributed by atoms with Gasteiger partial charge in [-0.1, -0.05) is 56.3 Å². The maximum absolute atomic E-state index is 12.8. The van der Waals surface area contributed by atoms with Gasteiger partial charge in [-0.2, -0.15) is 0 Å². The average Bonchev–Trinajstić information content (AvgIpc) is 3.56. The third-order valence-corrected chi connectivity index (χ3v) is 5.57. The van der Waals surface area contributed by atoms with Crippen LogP contribution < -0.4 is 10.6 Å². The zero-order valence-corrected chi connectivity index (χ0v) is 17.5. The third-order valence-electron chi connectivity index (χ3n) is 5.57. The van der Waals surface area contributed by atoms with Crippen LogP contribution in [-0.4, -0.2) is 35.3 Å². The van der Waals surface area contributed by atoms with Crippen LogP contribution in [0.3, 0.4) is 0 Å². The maximum atomic E-state index is 12.8. The summed E-state index contributed by atoms with van der Waals surface area (Å²) >= 11 is 0. The molecule has 0 radical (unpaired) electrons. The summed E-state index contributed by atoms with van der Waals surface area (Å²) in [6, 6.07) is 17.8. The molecule has 1 atom stereocenters. The molecule has 154 valence electrons. The summed E-state index contributed by atoms with van der Waals surface area (Å²) in [7, 11) is 0. The van der Waals surface area contributed by atoms with Gasteiger partial charge in [-0.3, -0.25) is 14.5 Å². The van der Waals surface area contributed by atoms with E-state index >= 15 is 0 Å². The molecule has 0 aliphatic heterocycles. The number of rotatable bonds is 9. The predicted octanol–water partition coefficient (Wildman–Crippen LogP) is 4.06. The van der Waals surface area contributed by atoms with E-state index in [2.05, 4.69) is 36.3 Å². The molecule has 0 aromatic heterocycles. The fourth-order valence-electron chi connectivity index (χ4n) is 3.41. The number of amides is 2. The predicted molar refractivity (Wildman–Crippen MR) is 117 cm³/mol. The molecule has 1 aliphatic rings. The van der Waals surface area contributed by atoms with Crippen LogP contribution in [-0.2, 0) is 11.3 Å². The van der Waals surface area contributed by atoms with Crippen LogP contribution in [0.1, 0.15) is 49.5 Å². The van der Waals surface area contributed by atoms with Gasteiger partial charge in [0.2, 0.25) is 5.91 Å². The minimum Gasteiger partial charge on any atom is -0.348 e. The Bertz CT molecular complexity index is 831. The highest BCUT2D eigenvalue weighted by Crippen LogP contribution is 2.30. The molecule has 1 unspecified atom stereocenters. The van der Waals surface area contributed by atoms with Gasteiger partial charge >= 0.3 is 0 Å². The molecule has 3 rings (SSSR count). The van der Waals surface area contributed by atoms with Crippen molar-refractivity contribution in [3.8, 4) is 0 Å². The lowest BCUT2D eigenvalue weighted by Crippen LogP contribution is -2.43. The third kappa shape index (κ3) is 5.91. The van der Waals surface area contributed by atoms with Crippen molar-refractivity contribution in [1.82, 2.24) is 10.2 Å². The minimum absolute atomic E-state index is 0.0762. The Morgan fingerprint density at radius 2 is 1.66 bits per heavy atom. The first-order valence-electron chi connectivity index (χ1n) is 10.4. The summed E-state index contributed by atoms with van der Waals surface area (Å²) in [4.78, 5) is 27.7. The number of nitrogens with one attached hydrogen (secondary N) is 2. The van der Waals surface area contributed by atoms with E-state index < -0.39 is 0 Å². The molecular formula is C24H31N3O2. The van der Waals surface area contributed by atoms with Crippen LogP contribution in [0.4, 0.5) is 5.69 Å². The molecule has 0 saturated heterocycles. The zero-order chi connectivity index (χ0) is 20.8. The average molecular weight is 394 g/mol. The summed E-state index contributed by atoms with van der Waals surface area (Å²) in [5.41, 5.74) is 2.06. The van der Waals surface area contributed by atoms with Crippen LogP contribution in [0.5, 0.6) is 0 Å². The number of hydrogen-bond donors (Lipinski definition) is 2. The summed E-state index contributed by atoms with van der Waals surface area (Å²) in [5.74, 6) is 0.214. The molecule has 2 aromatic rings. The molecule has 0 heterocycles. The van der Waals surface area contributed by atoms with E-state index in [1.54, 1.807) is 12.1 Å². The molecule has 2 N–H and O–H groups in total. The van der Waals surface area contributed by atoms with Gasteiger partial charge in [0.25, 0.3) is 5.91 Å². The summed E-state index contributed by atoms with van der Waals surface area (Å²) < 4.78 is 0. The molecule has 1 fully saturated rings. The zero-order valence-electron chi connectivity index (χ0n) is 17.5. The van der Waals surface area contributed by atoms with Gasteiger partial charge in [0.1, 0.15) is 0 Å². The monoisotopic (exact) mass is 393 g/mol. The van der Waals surface area contributed by atoms with Crippen LogP contribution in [0.25, 0.3) is 0 Å². The lowest BCUT2D eigenvalue weighted by atomic mass is 10.0. The van der Waals surface area contributed by atoms with E-state index in [1.165, 1.54) is 0 Å². The van der Waals surface area contributed by atoms with Crippen molar-refractivity contribution >= 4 is 17.5 Å². The largest absolute Gasteiger partial charge is 0.348 e. The Labute approximate surface area is 173 Å². The topological polar surface area (TPSA) is 61.4 Å². The van der Waals surface area contributed by atoms with Crippen LogP contribution in [0.2, 0.25) is 0 Å². The fraction of sp³-hybridized carbons (Fsp3) is 0.417. The van der Waals surface area contributed by atoms with Gasteiger partial charge in [0.05, 0.1) is 17.8 Å². The van der Waals surface area contributed by atoms with Gasteiger partial charge in [0.15, 0.2) is 0 Å². The normalized spacial score (nSPS) is 14.7. The van der Waals surface area contributed by atoms with Crippen molar-refractivity contribution < 1.29 is 9.59 Å². The van der Waals surface area contributed by atoms with Gasteiger partial charge < -0.3 is 10.6 Å². The van der Waals surface area contributed by atoms with E-state index in [0.717, 1.165) is 18.4 Å². The molecule has 1 saturated carbocycles. The quantitative estimate of drug-likeness (QED) is 0.675. The van der Waals surface area contributed by atoms with E-state index in [9.17, 15) is 9.59 Å². The first-order valence-corrected chi connectivity index (χ1v) is 10.4. The van der Waals surface area contributed by atoms with E-state index in [0.29, 0.717) is 42.3 Å². The van der Waals surface area contributed by atoms with Gasteiger partial charge in [-0.15, -0.1) is 0 Å². The molecule has 5 nitrogen and oxygen atoms in total. The second-order valence-corrected chi connectivity index (χ2v) is 8.15. The van der Waals surface area contributed by atoms with Gasteiger partial charge in [-0.05, 0) is 43.4 Å². The molecule has 29 heavy (non-hydrogen) atoms. The van der Waals surface area contributed by atoms with E-state index in [-0.39, 0.29) is 11.8 Å². The number of hydrogen-bond acceptors (Lipinski definition) is 3. The van der Waals surface area contributed by atoms with E-state index in [1.807, 2.05) is 42.5 Å². The molecule has 5 heteroatoms. The summed E-state index contributed by atoms with van der Waals surface area (Å²) in [6.45, 7) is 7.35. The molecule has 0 bridgehead atoms. The number of carbonyl (C=O) groups is 2. The number of nitrogens with zero attached hydrogens (tertiary/aromatic N) is 1. The number of anilines is 1. The summed E-state index contributed by atoms with van der Waals surface area (Å²) in [6.07, 6.45) is 2.31. The first-order chi connectivity index (χ1) is 14.0. The van der Waals surface area contributed by atoms with Crippen LogP contribution in [0, 0.1) is 5.92 Å². The van der Waals surface area contributed by atoms with Gasteiger partial charge in [0, 0.05) is 18.6 Å². The second-order valence-electron chi connectivity index (χ2n) is 8.15. The van der Waals surface area contributed by atoms with Gasteiger partial charge in [-0.25, -0.2) is 0 Å². The molecule has 0 spiro atoms. The highest BCUT2D eigenvalue weighted by Gasteiger charge is 2.34. The second kappa shape index (κ2) is 9.70. The van der Waals surface area contributed by atoms with Crippen LogP contribution >= 0.6 is 0 Å². The van der Waals surface area contributed by atoms with Crippen molar-refractivity contribution in [1.29, 1.82) is 0 Å². The lowest BCUT2D eigenvalue weighted by molar-refractivity contribution is -0.118. The number of benzene rings is 2. The van der Waals surface area contributed by atoms with Crippen molar-refractivity contribution in [2.45, 2.75) is 52.2 Å². The highest BCUT2D eigenvalue weighted by molar-refractivity contribution is 6.04. The summed E-state index contributed by atoms with van der Waals surface area (Å²) in [5, 5.41) is 5.89. The van der Waals surface area contributed by atoms with Crippen molar-refractivity contribution in [3.63, 3.8) is 0 Å². The van der Waals surface area contributed by atoms with Crippen LogP contribution in [0.15, 0.2) is 54.6 Å². The Morgan fingerprint density at radius 1 is 1.00 bits per heavy atom. The standard InChI is InChI=1S/C24H31N3O2/c1-17(2)18(3)27(20-13-14-20)16-23(28)26-22-12-8-7-11-21(22)24(29)25-15-19-9-5-4-6-10-19/h4-12,17-18,20H,13-16H2,1-3H3,(H,25,29)(H,26,28). The molecule has 2 aromatic carbocycles. The smallest absolute Gasteiger partial charge is 0.253 e. The Kier molecular flexibility index (Phi) is 7.04. The molecule has 1 aliphatic carbocycles. The van der Waals surface area contributed by atoms with E-state index in [4.69, 9.17) is 0 Å². The highest BCUT2D eigenvalue weighted by atomic mass is 16.2. The van der Waals surface area contributed by atoms with Crippen molar-refractivity contribution in [2.75, 3.05) is 11.9 Å². The maximum Gasteiger partial charge on any atom is 0.253 e. The molecular weight excluding hydrogens is 362 g/mol. The Balaban J connectivity index is 1.63. The number of para-hydroxylation sites is 1. The Morgan fingerprint density at radius 3 is 2.31 bits per heavy atom. The Hall–Kier alpha value is -2.66. The minimum atomic E-state index is -0.195. The number of carbonyl (C=O) groups excluding carboxylic acids is 2.